The van der Waals surface area contributed by atoms with Gasteiger partial charge in [-0.3, -0.25) is 9.79 Å². The Bertz CT molecular complexity index is 1740. The summed E-state index contributed by atoms with van der Waals surface area (Å²) in [6, 6.07) is 0. The normalized spacial score (nSPS) is 40.5. The Morgan fingerprint density at radius 2 is 1.73 bits per heavy atom. The topological polar surface area (TPSA) is 108 Å². The Hall–Kier alpha value is -2.23. The van der Waals surface area contributed by atoms with Gasteiger partial charge in [-0.1, -0.05) is 58.9 Å². The molecular weight excluding hydrogens is 719 g/mol. The number of carbonyl (C=O) groups is 1. The van der Waals surface area contributed by atoms with Crippen LogP contribution in [-0.4, -0.2) is 87.5 Å². The van der Waals surface area contributed by atoms with E-state index < -0.39 is 21.2 Å². The fourth-order valence-corrected chi connectivity index (χ4v) is 15.9. The zero-order valence-electron chi connectivity index (χ0n) is 35.6. The van der Waals surface area contributed by atoms with Crippen molar-refractivity contribution in [2.75, 3.05) is 46.1 Å². The van der Waals surface area contributed by atoms with Crippen LogP contribution >= 0.6 is 0 Å². The number of carboxylic acids is 1. The third-order valence-electron chi connectivity index (χ3n) is 17.6. The van der Waals surface area contributed by atoms with Crippen molar-refractivity contribution in [1.82, 2.24) is 10.2 Å². The maximum atomic E-state index is 12.7. The summed E-state index contributed by atoms with van der Waals surface area (Å²) in [5.74, 6) is 3.49. The smallest absolute Gasteiger partial charge is 0.313 e. The zero-order chi connectivity index (χ0) is 40.1. The molecule has 0 bridgehead atoms. The molecule has 0 aromatic rings. The second-order valence-corrected chi connectivity index (χ2v) is 22.9. The molecule has 56 heavy (non-hydrogen) atoms. The van der Waals surface area contributed by atoms with Crippen molar-refractivity contribution >= 4 is 22.0 Å². The molecule has 1 aliphatic heterocycles. The minimum Gasteiger partial charge on any atom is -0.491 e. The summed E-state index contributed by atoms with van der Waals surface area (Å²) in [5.41, 5.74) is 2.84. The van der Waals surface area contributed by atoms with E-state index in [0.717, 1.165) is 75.5 Å². The predicted molar refractivity (Wildman–Crippen MR) is 227 cm³/mol. The Morgan fingerprint density at radius 1 is 0.964 bits per heavy atom. The van der Waals surface area contributed by atoms with Crippen LogP contribution in [0.4, 0.5) is 0 Å². The second kappa shape index (κ2) is 15.7. The second-order valence-electron chi connectivity index (χ2n) is 20.5. The Kier molecular flexibility index (Phi) is 11.8. The minimum atomic E-state index is -2.93. The number of sulfone groups is 1. The number of ether oxygens (including phenoxy) is 1. The van der Waals surface area contributed by atoms with Crippen LogP contribution < -0.4 is 5.32 Å². The molecule has 1 saturated heterocycles. The van der Waals surface area contributed by atoms with Gasteiger partial charge in [0.2, 0.25) is 0 Å². The maximum Gasteiger partial charge on any atom is 0.313 e. The molecule has 0 aromatic heterocycles. The first-order valence-corrected chi connectivity index (χ1v) is 24.2. The molecule has 0 spiro atoms. The van der Waals surface area contributed by atoms with Gasteiger partial charge in [0, 0.05) is 31.9 Å². The zero-order valence-corrected chi connectivity index (χ0v) is 36.4. The molecule has 1 heterocycles. The first kappa shape index (κ1) is 41.9. The summed E-state index contributed by atoms with van der Waals surface area (Å²) in [6.45, 7) is 18.1. The van der Waals surface area contributed by atoms with Crippen molar-refractivity contribution < 1.29 is 23.1 Å². The van der Waals surface area contributed by atoms with Crippen LogP contribution in [0.3, 0.4) is 0 Å². The highest BCUT2D eigenvalue weighted by molar-refractivity contribution is 7.91. The van der Waals surface area contributed by atoms with Gasteiger partial charge in [0.15, 0.2) is 0 Å². The third-order valence-corrected chi connectivity index (χ3v) is 19.3. The van der Waals surface area contributed by atoms with Crippen molar-refractivity contribution in [2.24, 2.45) is 56.2 Å². The van der Waals surface area contributed by atoms with E-state index in [-0.39, 0.29) is 28.2 Å². The van der Waals surface area contributed by atoms with Gasteiger partial charge in [-0.25, -0.2) is 8.42 Å². The van der Waals surface area contributed by atoms with Crippen LogP contribution in [0.1, 0.15) is 124 Å². The summed E-state index contributed by atoms with van der Waals surface area (Å²) in [6.07, 6.45) is 27.7. The fourth-order valence-electron chi connectivity index (χ4n) is 14.8. The average Bonchev–Trinajstić information content (AvgIpc) is 3.58. The van der Waals surface area contributed by atoms with Crippen molar-refractivity contribution in [2.45, 2.75) is 135 Å². The van der Waals surface area contributed by atoms with Gasteiger partial charge in [0.05, 0.1) is 11.5 Å². The minimum absolute atomic E-state index is 0.0331. The Morgan fingerprint density at radius 3 is 2.39 bits per heavy atom. The van der Waals surface area contributed by atoms with Gasteiger partial charge in [0.25, 0.3) is 0 Å². The molecule has 0 aromatic carbocycles. The number of hydrogen-bond donors (Lipinski definition) is 2. The molecular formula is C47H73N3O5S. The largest absolute Gasteiger partial charge is 0.491 e. The lowest BCUT2D eigenvalue weighted by Gasteiger charge is -2.68. The maximum absolute atomic E-state index is 12.7. The number of carboxylic acid groups (broad SMARTS) is 1. The van der Waals surface area contributed by atoms with Crippen molar-refractivity contribution in [1.29, 1.82) is 0 Å². The number of piperidine rings is 1. The van der Waals surface area contributed by atoms with Crippen molar-refractivity contribution in [3.8, 4) is 0 Å². The van der Waals surface area contributed by atoms with E-state index in [2.05, 4.69) is 61.6 Å². The summed E-state index contributed by atoms with van der Waals surface area (Å²) in [4.78, 5) is 19.3. The number of nitrogens with one attached hydrogen (secondary N) is 1. The molecule has 9 atom stereocenters. The molecule has 7 aliphatic rings. The number of hydrogen-bond acceptors (Lipinski definition) is 7. The van der Waals surface area contributed by atoms with Crippen molar-refractivity contribution in [3.63, 3.8) is 0 Å². The highest BCUT2D eigenvalue weighted by Gasteiger charge is 2.65. The van der Waals surface area contributed by atoms with Gasteiger partial charge < -0.3 is 20.1 Å². The summed E-state index contributed by atoms with van der Waals surface area (Å²) >= 11 is 0. The van der Waals surface area contributed by atoms with Crippen LogP contribution in [0, 0.1) is 51.2 Å². The molecule has 5 fully saturated rings. The summed E-state index contributed by atoms with van der Waals surface area (Å²) < 4.78 is 30.2. The van der Waals surface area contributed by atoms with Crippen LogP contribution in [0.5, 0.6) is 0 Å². The van der Waals surface area contributed by atoms with Crippen LogP contribution in [0.25, 0.3) is 0 Å². The number of aliphatic imine (C=N–C) groups is 1. The van der Waals surface area contributed by atoms with E-state index >= 15 is 0 Å². The average molecular weight is 792 g/mol. The number of likely N-dealkylation sites (tertiary alicyclic amines) is 1. The Balaban J connectivity index is 1.02. The number of fused-ring (bicyclic) bond motifs is 7. The summed E-state index contributed by atoms with van der Waals surface area (Å²) in [7, 11) is -1.25. The van der Waals surface area contributed by atoms with E-state index in [9.17, 15) is 18.3 Å². The standard InChI is InChI=1S/C47H73N3O5S/c1-8-10-34(31-48-6)55-32-46(42(51)52)24-14-33(15-25-46)37-16-22-45(5)40(43(37,2)3)18-23-44(4)38-17-26-47(21-9-11-39(47)36(38)12-13-41(44)45)49-27-30-50-28-19-35(20-29-50)56(7,53)54/h8,10,14,16,31,35-36,38-41,49H,1,9,11-13,15,17-30,32H2,2-7H3,(H,51,52)/b34-10+,48-31-/t36?,38?,39-,40?,41?,44?,45?,46?,47?/m1/s1. The number of nitrogens with zero attached hydrogens (tertiary/aromatic N) is 2. The molecule has 0 amide bonds. The lowest BCUT2D eigenvalue weighted by Crippen LogP contribution is -2.64. The molecule has 0 radical (unpaired) electrons. The van der Waals surface area contributed by atoms with Crippen LogP contribution in [0.15, 0.2) is 52.8 Å². The lowest BCUT2D eigenvalue weighted by atomic mass is 9.37. The number of rotatable bonds is 12. The van der Waals surface area contributed by atoms with Gasteiger partial charge >= 0.3 is 5.97 Å². The number of allylic oxidation sites excluding steroid dienone is 7. The molecule has 4 saturated carbocycles. The van der Waals surface area contributed by atoms with Crippen molar-refractivity contribution in [3.05, 3.63) is 47.8 Å². The molecule has 2 N–H and O–H groups in total. The quantitative estimate of drug-likeness (QED) is 0.116. The highest BCUT2D eigenvalue weighted by atomic mass is 32.2. The van der Waals surface area contributed by atoms with Gasteiger partial charge in [-0.15, -0.1) is 0 Å². The van der Waals surface area contributed by atoms with Gasteiger partial charge in [-0.05, 0) is 166 Å². The van der Waals surface area contributed by atoms with E-state index in [4.69, 9.17) is 4.74 Å². The van der Waals surface area contributed by atoms with E-state index in [1.165, 1.54) is 75.2 Å². The van der Waals surface area contributed by atoms with Crippen LogP contribution in [-0.2, 0) is 19.4 Å². The molecule has 8 nitrogen and oxygen atoms in total. The van der Waals surface area contributed by atoms with E-state index in [1.807, 2.05) is 0 Å². The Labute approximate surface area is 339 Å². The first-order chi connectivity index (χ1) is 26.5. The molecule has 8 unspecified atom stereocenters. The monoisotopic (exact) mass is 792 g/mol. The van der Waals surface area contributed by atoms with Gasteiger partial charge in [0.1, 0.15) is 27.6 Å². The SMILES string of the molecule is C=C/C=C(\C=N/C)OCC1(C(=O)O)CC=C(C2=CCC3(C)C(CCC4(C)C5CCC6(NCCN7CCC(S(C)(=O)=O)CC7)CCC[C@@H]6C5CCC43)C2(C)C)CC1. The molecule has 6 aliphatic carbocycles. The third kappa shape index (κ3) is 7.35. The highest BCUT2D eigenvalue weighted by Crippen LogP contribution is 2.72. The molecule has 9 heteroatoms. The van der Waals surface area contributed by atoms with E-state index in [1.54, 1.807) is 25.4 Å². The van der Waals surface area contributed by atoms with E-state index in [0.29, 0.717) is 29.9 Å². The molecule has 7 rings (SSSR count). The molecule has 312 valence electrons. The lowest BCUT2D eigenvalue weighted by molar-refractivity contribution is -0.175. The predicted octanol–water partition coefficient (Wildman–Crippen LogP) is 8.81. The number of aliphatic carboxylic acids is 1. The summed E-state index contributed by atoms with van der Waals surface area (Å²) in [5, 5.41) is 14.5. The van der Waals surface area contributed by atoms with Crippen LogP contribution in [0.2, 0.25) is 0 Å². The first-order valence-electron chi connectivity index (χ1n) is 22.2. The van der Waals surface area contributed by atoms with Gasteiger partial charge in [-0.2, -0.15) is 0 Å². The fraction of sp³-hybridized carbons (Fsp3) is 0.787.